The van der Waals surface area contributed by atoms with Crippen LogP contribution >= 0.6 is 0 Å². The Morgan fingerprint density at radius 1 is 1.50 bits per heavy atom. The summed E-state index contributed by atoms with van der Waals surface area (Å²) < 4.78 is 23.5. The van der Waals surface area contributed by atoms with Crippen molar-refractivity contribution >= 4 is 0 Å². The number of hydrogen-bond acceptors (Lipinski definition) is 2. The maximum absolute atomic E-state index is 11.8. The molecule has 1 aromatic heterocycles. The van der Waals surface area contributed by atoms with E-state index in [1.54, 1.807) is 0 Å². The smallest absolute Gasteiger partial charge is 0.280 e. The van der Waals surface area contributed by atoms with Gasteiger partial charge in [0.15, 0.2) is 0 Å². The van der Waals surface area contributed by atoms with Gasteiger partial charge in [0.25, 0.3) is 6.43 Å². The predicted octanol–water partition coefficient (Wildman–Crippen LogP) is 1.72. The van der Waals surface area contributed by atoms with Gasteiger partial charge in [-0.2, -0.15) is 0 Å². The molecule has 0 fully saturated rings. The Labute approximate surface area is 56.1 Å². The highest BCUT2D eigenvalue weighted by atomic mass is 19.3. The fourth-order valence-corrected chi connectivity index (χ4v) is 0.556. The molecule has 0 bridgehead atoms. The highest BCUT2D eigenvalue weighted by Crippen LogP contribution is 2.18. The third-order valence-electron chi connectivity index (χ3n) is 0.988. The van der Waals surface area contributed by atoms with Crippen LogP contribution in [0.15, 0.2) is 18.3 Å². The molecule has 0 aliphatic heterocycles. The number of aromatic nitrogens is 1. The minimum absolute atomic E-state index is 0.190. The fraction of sp³-hybridized carbons (Fsp3) is 0.167. The number of halogens is 2. The molecule has 54 valence electrons. The van der Waals surface area contributed by atoms with E-state index in [0.717, 1.165) is 12.3 Å². The first kappa shape index (κ1) is 6.92. The number of aromatic hydroxyl groups is 1. The highest BCUT2D eigenvalue weighted by molar-refractivity contribution is 5.21. The monoisotopic (exact) mass is 145 g/mol. The fourth-order valence-electron chi connectivity index (χ4n) is 0.556. The molecular weight excluding hydrogens is 140 g/mol. The average Bonchev–Trinajstić information content (AvgIpc) is 1.88. The van der Waals surface area contributed by atoms with Crippen LogP contribution in [0.2, 0.25) is 0 Å². The third-order valence-corrected chi connectivity index (χ3v) is 0.988. The SMILES string of the molecule is Oc1ccnc(C(F)F)c1. The van der Waals surface area contributed by atoms with Crippen LogP contribution in [-0.2, 0) is 0 Å². The predicted molar refractivity (Wildman–Crippen MR) is 30.9 cm³/mol. The summed E-state index contributed by atoms with van der Waals surface area (Å²) in [5, 5.41) is 8.69. The summed E-state index contributed by atoms with van der Waals surface area (Å²) in [6.45, 7) is 0. The van der Waals surface area contributed by atoms with Crippen molar-refractivity contribution in [2.75, 3.05) is 0 Å². The van der Waals surface area contributed by atoms with Crippen LogP contribution < -0.4 is 0 Å². The second-order valence-electron chi connectivity index (χ2n) is 1.74. The van der Waals surface area contributed by atoms with Crippen molar-refractivity contribution in [1.29, 1.82) is 0 Å². The van der Waals surface area contributed by atoms with Crippen LogP contribution in [0.25, 0.3) is 0 Å². The first-order chi connectivity index (χ1) is 4.70. The minimum Gasteiger partial charge on any atom is -0.508 e. The molecule has 0 aliphatic rings. The molecule has 4 heteroatoms. The van der Waals surface area contributed by atoms with Gasteiger partial charge in [0.05, 0.1) is 0 Å². The second kappa shape index (κ2) is 2.60. The number of pyridine rings is 1. The highest BCUT2D eigenvalue weighted by Gasteiger charge is 2.07. The molecule has 0 unspecified atom stereocenters. The van der Waals surface area contributed by atoms with E-state index in [1.807, 2.05) is 0 Å². The summed E-state index contributed by atoms with van der Waals surface area (Å²) >= 11 is 0. The lowest BCUT2D eigenvalue weighted by Crippen LogP contribution is -1.86. The largest absolute Gasteiger partial charge is 0.508 e. The zero-order valence-corrected chi connectivity index (χ0v) is 4.96. The quantitative estimate of drug-likeness (QED) is 0.652. The van der Waals surface area contributed by atoms with E-state index in [4.69, 9.17) is 5.11 Å². The molecule has 0 aliphatic carbocycles. The summed E-state index contributed by atoms with van der Waals surface area (Å²) in [5.74, 6) is -0.190. The van der Waals surface area contributed by atoms with Gasteiger partial charge in [-0.25, -0.2) is 8.78 Å². The second-order valence-corrected chi connectivity index (χ2v) is 1.74. The van der Waals surface area contributed by atoms with Crippen molar-refractivity contribution in [3.8, 4) is 5.75 Å². The normalized spacial score (nSPS) is 10.3. The average molecular weight is 145 g/mol. The van der Waals surface area contributed by atoms with E-state index in [1.165, 1.54) is 6.07 Å². The minimum atomic E-state index is -2.62. The molecule has 1 rings (SSSR count). The van der Waals surface area contributed by atoms with E-state index in [-0.39, 0.29) is 5.75 Å². The lowest BCUT2D eigenvalue weighted by Gasteiger charge is -1.96. The molecule has 10 heavy (non-hydrogen) atoms. The lowest BCUT2D eigenvalue weighted by molar-refractivity contribution is 0.145. The molecule has 1 aromatic rings. The Morgan fingerprint density at radius 2 is 2.20 bits per heavy atom. The Balaban J connectivity index is 2.96. The van der Waals surface area contributed by atoms with E-state index in [2.05, 4.69) is 4.98 Å². The summed E-state index contributed by atoms with van der Waals surface area (Å²) in [4.78, 5) is 3.33. The molecule has 1 heterocycles. The van der Waals surface area contributed by atoms with E-state index in [0.29, 0.717) is 0 Å². The maximum atomic E-state index is 11.8. The Kier molecular flexibility index (Phi) is 1.80. The zero-order chi connectivity index (χ0) is 7.56. The van der Waals surface area contributed by atoms with Gasteiger partial charge in [-0.05, 0) is 6.07 Å². The standard InChI is InChI=1S/C6H5F2NO/c7-6(8)5-3-4(10)1-2-9-5/h1-3,6H,(H,9,10). The van der Waals surface area contributed by atoms with Gasteiger partial charge < -0.3 is 5.11 Å². The van der Waals surface area contributed by atoms with Gasteiger partial charge in [0.2, 0.25) is 0 Å². The summed E-state index contributed by atoms with van der Waals surface area (Å²) in [5.41, 5.74) is -0.403. The molecule has 0 saturated heterocycles. The van der Waals surface area contributed by atoms with Crippen LogP contribution in [0.3, 0.4) is 0 Å². The topological polar surface area (TPSA) is 33.1 Å². The van der Waals surface area contributed by atoms with Crippen LogP contribution in [0.4, 0.5) is 8.78 Å². The Hall–Kier alpha value is -1.19. The molecular formula is C6H5F2NO. The summed E-state index contributed by atoms with van der Waals surface area (Å²) in [6.07, 6.45) is -1.48. The molecule has 0 atom stereocenters. The number of hydrogen-bond donors (Lipinski definition) is 1. The van der Waals surface area contributed by atoms with E-state index < -0.39 is 12.1 Å². The zero-order valence-electron chi connectivity index (χ0n) is 4.96. The lowest BCUT2D eigenvalue weighted by atomic mass is 10.3. The van der Waals surface area contributed by atoms with Gasteiger partial charge in [-0.1, -0.05) is 0 Å². The molecule has 0 aromatic carbocycles. The van der Waals surface area contributed by atoms with Crippen LogP contribution in [0.1, 0.15) is 12.1 Å². The summed E-state index contributed by atoms with van der Waals surface area (Å²) in [6, 6.07) is 2.18. The van der Waals surface area contributed by atoms with Crippen molar-refractivity contribution in [2.45, 2.75) is 6.43 Å². The molecule has 1 N–H and O–H groups in total. The van der Waals surface area contributed by atoms with Crippen LogP contribution in [0.5, 0.6) is 5.75 Å². The summed E-state index contributed by atoms with van der Waals surface area (Å²) in [7, 11) is 0. The third kappa shape index (κ3) is 1.40. The van der Waals surface area contributed by atoms with Gasteiger partial charge in [0, 0.05) is 12.3 Å². The van der Waals surface area contributed by atoms with Crippen molar-refractivity contribution in [3.63, 3.8) is 0 Å². The number of nitrogens with zero attached hydrogens (tertiary/aromatic N) is 1. The van der Waals surface area contributed by atoms with Crippen molar-refractivity contribution in [3.05, 3.63) is 24.0 Å². The number of alkyl halides is 2. The first-order valence-electron chi connectivity index (χ1n) is 2.63. The first-order valence-corrected chi connectivity index (χ1v) is 2.63. The van der Waals surface area contributed by atoms with Crippen LogP contribution in [0, 0.1) is 0 Å². The van der Waals surface area contributed by atoms with E-state index in [9.17, 15) is 8.78 Å². The van der Waals surface area contributed by atoms with Gasteiger partial charge >= 0.3 is 0 Å². The maximum Gasteiger partial charge on any atom is 0.280 e. The van der Waals surface area contributed by atoms with E-state index >= 15 is 0 Å². The Morgan fingerprint density at radius 3 is 2.60 bits per heavy atom. The van der Waals surface area contributed by atoms with Gasteiger partial charge in [0.1, 0.15) is 11.4 Å². The van der Waals surface area contributed by atoms with Crippen molar-refractivity contribution < 1.29 is 13.9 Å². The number of rotatable bonds is 1. The Bertz CT molecular complexity index is 227. The van der Waals surface area contributed by atoms with Gasteiger partial charge in [-0.3, -0.25) is 4.98 Å². The molecule has 0 saturated carbocycles. The molecule has 0 spiro atoms. The van der Waals surface area contributed by atoms with Crippen LogP contribution in [-0.4, -0.2) is 10.1 Å². The molecule has 0 amide bonds. The van der Waals surface area contributed by atoms with Crippen molar-refractivity contribution in [2.24, 2.45) is 0 Å². The van der Waals surface area contributed by atoms with Gasteiger partial charge in [-0.15, -0.1) is 0 Å². The molecule has 2 nitrogen and oxygen atoms in total. The molecule has 0 radical (unpaired) electrons. The van der Waals surface area contributed by atoms with Crippen molar-refractivity contribution in [1.82, 2.24) is 4.98 Å².